The molecule has 0 fully saturated rings. The number of benzene rings is 2. The van der Waals surface area contributed by atoms with Crippen molar-refractivity contribution in [1.82, 2.24) is 9.80 Å². The molecule has 8 heteroatoms. The molecule has 196 valence electrons. The molecular formula is C29H34N2O5S. The molecule has 0 spiro atoms. The zero-order valence-electron chi connectivity index (χ0n) is 21.8. The van der Waals surface area contributed by atoms with Crippen LogP contribution in [0.1, 0.15) is 47.1 Å². The van der Waals surface area contributed by atoms with Crippen molar-refractivity contribution in [2.24, 2.45) is 0 Å². The Bertz CT molecular complexity index is 1210. The van der Waals surface area contributed by atoms with E-state index >= 15 is 0 Å². The fourth-order valence-corrected chi connectivity index (χ4v) is 5.45. The van der Waals surface area contributed by atoms with E-state index in [4.69, 9.17) is 14.2 Å². The van der Waals surface area contributed by atoms with E-state index in [9.17, 15) is 9.59 Å². The largest absolute Gasteiger partial charge is 0.497 e. The quantitative estimate of drug-likeness (QED) is 0.366. The van der Waals surface area contributed by atoms with Gasteiger partial charge >= 0.3 is 0 Å². The first-order valence-electron chi connectivity index (χ1n) is 12.5. The third-order valence-corrected chi connectivity index (χ3v) is 7.89. The molecule has 0 saturated heterocycles. The summed E-state index contributed by atoms with van der Waals surface area (Å²) in [4.78, 5) is 32.0. The molecule has 0 bridgehead atoms. The molecule has 1 aliphatic heterocycles. The topological polar surface area (TPSA) is 68.3 Å². The van der Waals surface area contributed by atoms with Crippen molar-refractivity contribution in [2.45, 2.75) is 38.8 Å². The van der Waals surface area contributed by atoms with E-state index in [2.05, 4.69) is 11.4 Å². The van der Waals surface area contributed by atoms with Gasteiger partial charge in [0.25, 0.3) is 5.91 Å². The molecule has 3 aromatic rings. The van der Waals surface area contributed by atoms with Crippen molar-refractivity contribution >= 4 is 23.2 Å². The van der Waals surface area contributed by atoms with Crippen LogP contribution < -0.4 is 14.2 Å². The molecule has 1 aromatic heterocycles. The summed E-state index contributed by atoms with van der Waals surface area (Å²) in [7, 11) is 3.21. The van der Waals surface area contributed by atoms with Crippen LogP contribution in [0.3, 0.4) is 0 Å². The lowest BCUT2D eigenvalue weighted by molar-refractivity contribution is -0.136. The highest BCUT2D eigenvalue weighted by molar-refractivity contribution is 7.10. The summed E-state index contributed by atoms with van der Waals surface area (Å²) < 4.78 is 16.7. The Labute approximate surface area is 222 Å². The number of methoxy groups -OCH3 is 2. The van der Waals surface area contributed by atoms with Crippen LogP contribution in [0.5, 0.6) is 17.2 Å². The fraction of sp³-hybridized carbons (Fsp3) is 0.379. The second kappa shape index (κ2) is 12.1. The van der Waals surface area contributed by atoms with Crippen molar-refractivity contribution in [3.63, 3.8) is 0 Å². The second-order valence-corrected chi connectivity index (χ2v) is 10.1. The van der Waals surface area contributed by atoms with Crippen molar-refractivity contribution in [2.75, 3.05) is 33.9 Å². The van der Waals surface area contributed by atoms with Crippen molar-refractivity contribution < 1.29 is 23.8 Å². The van der Waals surface area contributed by atoms with Gasteiger partial charge in [-0.15, -0.1) is 11.3 Å². The lowest BCUT2D eigenvalue weighted by Crippen LogP contribution is -2.49. The Kier molecular flexibility index (Phi) is 8.71. The third kappa shape index (κ3) is 6.07. The first-order valence-corrected chi connectivity index (χ1v) is 13.4. The van der Waals surface area contributed by atoms with E-state index in [0.717, 1.165) is 18.4 Å². The lowest BCUT2D eigenvalue weighted by atomic mass is 10.00. The molecule has 1 aliphatic rings. The number of hydrogen-bond acceptors (Lipinski definition) is 6. The molecule has 37 heavy (non-hydrogen) atoms. The van der Waals surface area contributed by atoms with Crippen LogP contribution in [0.15, 0.2) is 60.0 Å². The Morgan fingerprint density at radius 1 is 1.05 bits per heavy atom. The van der Waals surface area contributed by atoms with Crippen LogP contribution in [-0.2, 0) is 11.2 Å². The van der Waals surface area contributed by atoms with Crippen molar-refractivity contribution in [3.05, 3.63) is 76.0 Å². The number of amides is 2. The molecule has 0 aliphatic carbocycles. The summed E-state index contributed by atoms with van der Waals surface area (Å²) in [6.45, 7) is 4.91. The average molecular weight is 523 g/mol. The van der Waals surface area contributed by atoms with E-state index in [1.54, 1.807) is 54.7 Å². The molecule has 7 nitrogen and oxygen atoms in total. The number of thiophene rings is 1. The normalized spacial score (nSPS) is 15.5. The van der Waals surface area contributed by atoms with Crippen LogP contribution >= 0.6 is 11.3 Å². The molecule has 0 radical (unpaired) electrons. The molecule has 0 saturated carbocycles. The SMILES string of the molecule is CC[C@@H](C)N(CC(=O)N1CCc2sccc2[C@@H]1COc1cccc(OC)c1)C(=O)c1ccc(OC)cc1. The van der Waals surface area contributed by atoms with Crippen LogP contribution in [0.2, 0.25) is 0 Å². The van der Waals surface area contributed by atoms with Gasteiger partial charge in [0.2, 0.25) is 5.91 Å². The Morgan fingerprint density at radius 3 is 2.49 bits per heavy atom. The Hall–Kier alpha value is -3.52. The summed E-state index contributed by atoms with van der Waals surface area (Å²) in [5, 5.41) is 2.07. The summed E-state index contributed by atoms with van der Waals surface area (Å²) >= 11 is 1.71. The van der Waals surface area contributed by atoms with E-state index < -0.39 is 0 Å². The number of nitrogens with zero attached hydrogens (tertiary/aromatic N) is 2. The van der Waals surface area contributed by atoms with E-state index in [-0.39, 0.29) is 30.4 Å². The van der Waals surface area contributed by atoms with Gasteiger partial charge in [-0.2, -0.15) is 0 Å². The van der Waals surface area contributed by atoms with Gasteiger partial charge in [-0.3, -0.25) is 9.59 Å². The lowest BCUT2D eigenvalue weighted by Gasteiger charge is -2.38. The number of hydrogen-bond donors (Lipinski definition) is 0. The number of carbonyl (C=O) groups is 2. The standard InChI is InChI=1S/C29H34N2O5S/c1-5-20(2)31(29(33)21-9-11-22(34-3)12-10-21)18-28(32)30-15-13-27-25(14-16-37-27)26(30)19-36-24-8-6-7-23(17-24)35-4/h6-12,14,16-17,20,26H,5,13,15,18-19H2,1-4H3/t20-,26+/m1/s1. The first kappa shape index (κ1) is 26.5. The smallest absolute Gasteiger partial charge is 0.254 e. The van der Waals surface area contributed by atoms with Crippen LogP contribution in [0.25, 0.3) is 0 Å². The summed E-state index contributed by atoms with van der Waals surface area (Å²) in [6, 6.07) is 16.2. The zero-order chi connectivity index (χ0) is 26.4. The van der Waals surface area contributed by atoms with Gasteiger partial charge < -0.3 is 24.0 Å². The first-order chi connectivity index (χ1) is 17.9. The third-order valence-electron chi connectivity index (χ3n) is 6.89. The molecule has 0 N–H and O–H groups in total. The van der Waals surface area contributed by atoms with Crippen LogP contribution in [0, 0.1) is 0 Å². The average Bonchev–Trinajstić information content (AvgIpc) is 3.43. The van der Waals surface area contributed by atoms with E-state index in [1.807, 2.05) is 43.0 Å². The highest BCUT2D eigenvalue weighted by atomic mass is 32.1. The minimum Gasteiger partial charge on any atom is -0.497 e. The minimum atomic E-state index is -0.233. The van der Waals surface area contributed by atoms with Crippen molar-refractivity contribution in [1.29, 1.82) is 0 Å². The van der Waals surface area contributed by atoms with Crippen LogP contribution in [0.4, 0.5) is 0 Å². The molecular weight excluding hydrogens is 488 g/mol. The molecule has 2 heterocycles. The van der Waals surface area contributed by atoms with Gasteiger partial charge in [0, 0.05) is 29.1 Å². The molecule has 2 amide bonds. The van der Waals surface area contributed by atoms with Gasteiger partial charge in [-0.05, 0) is 73.2 Å². The number of rotatable bonds is 10. The predicted molar refractivity (Wildman–Crippen MR) is 145 cm³/mol. The predicted octanol–water partition coefficient (Wildman–Crippen LogP) is 5.21. The Balaban J connectivity index is 1.54. The highest BCUT2D eigenvalue weighted by Gasteiger charge is 2.34. The summed E-state index contributed by atoms with van der Waals surface area (Å²) in [5.74, 6) is 1.83. The maximum absolute atomic E-state index is 13.8. The van der Waals surface area contributed by atoms with Gasteiger partial charge in [0.15, 0.2) is 0 Å². The Morgan fingerprint density at radius 2 is 1.78 bits per heavy atom. The summed E-state index contributed by atoms with van der Waals surface area (Å²) in [5.41, 5.74) is 1.65. The minimum absolute atomic E-state index is 0.00893. The van der Waals surface area contributed by atoms with Crippen LogP contribution in [-0.4, -0.2) is 61.6 Å². The van der Waals surface area contributed by atoms with Gasteiger partial charge in [-0.25, -0.2) is 0 Å². The van der Waals surface area contributed by atoms with Gasteiger partial charge in [-0.1, -0.05) is 13.0 Å². The monoisotopic (exact) mass is 522 g/mol. The number of fused-ring (bicyclic) bond motifs is 1. The highest BCUT2D eigenvalue weighted by Crippen LogP contribution is 2.34. The maximum Gasteiger partial charge on any atom is 0.254 e. The molecule has 4 rings (SSSR count). The maximum atomic E-state index is 13.8. The molecule has 2 atom stereocenters. The van der Waals surface area contributed by atoms with E-state index in [1.165, 1.54) is 4.88 Å². The van der Waals surface area contributed by atoms with E-state index in [0.29, 0.717) is 36.0 Å². The second-order valence-electron chi connectivity index (χ2n) is 9.06. The van der Waals surface area contributed by atoms with Crippen molar-refractivity contribution in [3.8, 4) is 17.2 Å². The zero-order valence-corrected chi connectivity index (χ0v) is 22.6. The van der Waals surface area contributed by atoms with Gasteiger partial charge in [0.05, 0.1) is 20.3 Å². The van der Waals surface area contributed by atoms with Gasteiger partial charge in [0.1, 0.15) is 30.4 Å². The molecule has 2 aromatic carbocycles. The number of carbonyl (C=O) groups excluding carboxylic acids is 2. The fourth-order valence-electron chi connectivity index (χ4n) is 4.52. The number of ether oxygens (including phenoxy) is 3. The summed E-state index contributed by atoms with van der Waals surface area (Å²) in [6.07, 6.45) is 1.54. The molecule has 0 unspecified atom stereocenters.